The van der Waals surface area contributed by atoms with Gasteiger partial charge in [-0.15, -0.1) is 0 Å². The van der Waals surface area contributed by atoms with E-state index in [1.54, 1.807) is 0 Å². The summed E-state index contributed by atoms with van der Waals surface area (Å²) in [6.45, 7) is 2.91. The molecule has 0 bridgehead atoms. The lowest BCUT2D eigenvalue weighted by atomic mass is 9.85. The van der Waals surface area contributed by atoms with Crippen molar-refractivity contribution in [2.24, 2.45) is 17.6 Å². The number of ether oxygens (including phenoxy) is 1. The van der Waals surface area contributed by atoms with Crippen molar-refractivity contribution < 1.29 is 14.6 Å². The second-order valence-corrected chi connectivity index (χ2v) is 6.39. The van der Waals surface area contributed by atoms with Crippen LogP contribution >= 0.6 is 0 Å². The van der Waals surface area contributed by atoms with Crippen LogP contribution in [0.25, 0.3) is 0 Å². The lowest BCUT2D eigenvalue weighted by molar-refractivity contribution is -0.145. The molecule has 4 nitrogen and oxygen atoms in total. The van der Waals surface area contributed by atoms with Crippen LogP contribution in [-0.2, 0) is 9.53 Å². The molecule has 2 aliphatic rings. The molecule has 2 fully saturated rings. The summed E-state index contributed by atoms with van der Waals surface area (Å²) in [4.78, 5) is 11.3. The fraction of sp³-hybridized carbons (Fsp3) is 0.933. The van der Waals surface area contributed by atoms with Gasteiger partial charge >= 0.3 is 5.97 Å². The van der Waals surface area contributed by atoms with Crippen molar-refractivity contribution in [1.82, 2.24) is 0 Å². The highest BCUT2D eigenvalue weighted by atomic mass is 16.5. The Morgan fingerprint density at radius 1 is 1.32 bits per heavy atom. The third-order valence-corrected chi connectivity index (χ3v) is 5.10. The molecule has 0 aromatic rings. The molecule has 0 radical (unpaired) electrons. The molecule has 0 aliphatic heterocycles. The van der Waals surface area contributed by atoms with Crippen molar-refractivity contribution >= 4 is 5.97 Å². The molecule has 0 saturated heterocycles. The molecular formula is C15H27NO3. The van der Waals surface area contributed by atoms with E-state index in [9.17, 15) is 9.90 Å². The molecule has 19 heavy (non-hydrogen) atoms. The maximum atomic E-state index is 11.3. The van der Waals surface area contributed by atoms with E-state index in [0.717, 1.165) is 25.7 Å². The summed E-state index contributed by atoms with van der Waals surface area (Å²) in [6, 6.07) is 0. The summed E-state index contributed by atoms with van der Waals surface area (Å²) in [5.41, 5.74) is 5.03. The second kappa shape index (κ2) is 6.23. The molecule has 0 amide bonds. The van der Waals surface area contributed by atoms with E-state index in [-0.39, 0.29) is 5.92 Å². The highest BCUT2D eigenvalue weighted by Gasteiger charge is 2.45. The van der Waals surface area contributed by atoms with E-state index in [1.807, 2.05) is 0 Å². The van der Waals surface area contributed by atoms with Gasteiger partial charge in [-0.1, -0.05) is 26.2 Å². The quantitative estimate of drug-likeness (QED) is 0.804. The van der Waals surface area contributed by atoms with Crippen LogP contribution in [0.1, 0.15) is 58.3 Å². The van der Waals surface area contributed by atoms with Crippen molar-refractivity contribution in [3.63, 3.8) is 0 Å². The molecule has 2 saturated carbocycles. The Hall–Kier alpha value is -0.610. The minimum Gasteiger partial charge on any atom is -0.480 e. The van der Waals surface area contributed by atoms with Crippen LogP contribution in [-0.4, -0.2) is 29.3 Å². The normalized spacial score (nSPS) is 39.4. The molecule has 0 spiro atoms. The molecule has 2 aliphatic carbocycles. The molecule has 0 aromatic carbocycles. The zero-order valence-electron chi connectivity index (χ0n) is 11.9. The topological polar surface area (TPSA) is 72.5 Å². The summed E-state index contributed by atoms with van der Waals surface area (Å²) < 4.78 is 5.98. The predicted molar refractivity (Wildman–Crippen MR) is 73.9 cm³/mol. The van der Waals surface area contributed by atoms with Gasteiger partial charge in [0.05, 0.1) is 6.10 Å². The summed E-state index contributed by atoms with van der Waals surface area (Å²) in [7, 11) is 0. The molecule has 0 aromatic heterocycles. The Morgan fingerprint density at radius 3 is 2.74 bits per heavy atom. The number of carboxylic acids is 1. The van der Waals surface area contributed by atoms with Gasteiger partial charge in [-0.2, -0.15) is 0 Å². The van der Waals surface area contributed by atoms with Gasteiger partial charge in [0.25, 0.3) is 0 Å². The van der Waals surface area contributed by atoms with Crippen LogP contribution < -0.4 is 5.73 Å². The van der Waals surface area contributed by atoms with E-state index in [2.05, 4.69) is 6.92 Å². The molecule has 4 atom stereocenters. The van der Waals surface area contributed by atoms with Gasteiger partial charge in [0, 0.05) is 6.61 Å². The number of hydrogen-bond acceptors (Lipinski definition) is 3. The van der Waals surface area contributed by atoms with Gasteiger partial charge in [0.1, 0.15) is 5.54 Å². The van der Waals surface area contributed by atoms with Crippen LogP contribution in [0.4, 0.5) is 0 Å². The first kappa shape index (κ1) is 14.8. The monoisotopic (exact) mass is 269 g/mol. The van der Waals surface area contributed by atoms with Crippen molar-refractivity contribution in [3.8, 4) is 0 Å². The van der Waals surface area contributed by atoms with Crippen molar-refractivity contribution in [3.05, 3.63) is 0 Å². The van der Waals surface area contributed by atoms with Gasteiger partial charge in [0.2, 0.25) is 0 Å². The standard InChI is InChI=1S/C15H27NO3/c1-11-5-2-3-7-13(11)19-10-8-12-6-4-9-15(12,16)14(17)18/h11-13H,2-10,16H2,1H3,(H,17,18). The van der Waals surface area contributed by atoms with Crippen molar-refractivity contribution in [2.75, 3.05) is 6.61 Å². The average molecular weight is 269 g/mol. The number of carboxylic acid groups (broad SMARTS) is 1. The molecule has 4 heteroatoms. The minimum atomic E-state index is -1.01. The van der Waals surface area contributed by atoms with E-state index in [4.69, 9.17) is 10.5 Å². The zero-order valence-corrected chi connectivity index (χ0v) is 11.9. The summed E-state index contributed by atoms with van der Waals surface area (Å²) in [5, 5.41) is 9.27. The van der Waals surface area contributed by atoms with E-state index < -0.39 is 11.5 Å². The van der Waals surface area contributed by atoms with Gasteiger partial charge in [-0.25, -0.2) is 0 Å². The van der Waals surface area contributed by atoms with E-state index in [1.165, 1.54) is 19.3 Å². The Kier molecular flexibility index (Phi) is 4.85. The van der Waals surface area contributed by atoms with Gasteiger partial charge in [0.15, 0.2) is 0 Å². The maximum Gasteiger partial charge on any atom is 0.323 e. The molecule has 3 N–H and O–H groups in total. The third-order valence-electron chi connectivity index (χ3n) is 5.10. The van der Waals surface area contributed by atoms with Gasteiger partial charge < -0.3 is 15.6 Å². The molecule has 4 unspecified atom stereocenters. The number of carbonyl (C=O) groups is 1. The highest BCUT2D eigenvalue weighted by Crippen LogP contribution is 2.36. The molecule has 2 rings (SSSR count). The Morgan fingerprint density at radius 2 is 2.05 bits per heavy atom. The van der Waals surface area contributed by atoms with E-state index in [0.29, 0.717) is 25.0 Å². The lowest BCUT2D eigenvalue weighted by Crippen LogP contribution is -2.51. The smallest absolute Gasteiger partial charge is 0.323 e. The van der Waals surface area contributed by atoms with E-state index >= 15 is 0 Å². The highest BCUT2D eigenvalue weighted by molar-refractivity contribution is 5.79. The number of nitrogens with two attached hydrogens (primary N) is 1. The van der Waals surface area contributed by atoms with Crippen LogP contribution in [0.5, 0.6) is 0 Å². The fourth-order valence-electron chi connectivity index (χ4n) is 3.68. The number of rotatable bonds is 5. The Bertz CT molecular complexity index is 321. The zero-order chi connectivity index (χ0) is 13.9. The van der Waals surface area contributed by atoms with Gasteiger partial charge in [-0.3, -0.25) is 4.79 Å². The summed E-state index contributed by atoms with van der Waals surface area (Å²) in [6.07, 6.45) is 8.58. The Balaban J connectivity index is 1.77. The number of aliphatic carboxylic acids is 1. The molecular weight excluding hydrogens is 242 g/mol. The van der Waals surface area contributed by atoms with Crippen LogP contribution in [0.15, 0.2) is 0 Å². The van der Waals surface area contributed by atoms with Gasteiger partial charge in [-0.05, 0) is 43.9 Å². The summed E-state index contributed by atoms with van der Waals surface area (Å²) in [5.74, 6) is -0.135. The van der Waals surface area contributed by atoms with Crippen molar-refractivity contribution in [2.45, 2.75) is 69.9 Å². The molecule has 0 heterocycles. The average Bonchev–Trinajstić information content (AvgIpc) is 2.75. The lowest BCUT2D eigenvalue weighted by Gasteiger charge is -2.31. The SMILES string of the molecule is CC1CCCCC1OCCC1CCCC1(N)C(=O)O. The third kappa shape index (κ3) is 3.29. The molecule has 110 valence electrons. The number of hydrogen-bond donors (Lipinski definition) is 2. The maximum absolute atomic E-state index is 11.3. The predicted octanol–water partition coefficient (Wildman–Crippen LogP) is 2.55. The van der Waals surface area contributed by atoms with Crippen LogP contribution in [0.3, 0.4) is 0 Å². The largest absolute Gasteiger partial charge is 0.480 e. The Labute approximate surface area is 115 Å². The minimum absolute atomic E-state index is 0.0731. The van der Waals surface area contributed by atoms with Crippen LogP contribution in [0.2, 0.25) is 0 Å². The second-order valence-electron chi connectivity index (χ2n) is 6.39. The van der Waals surface area contributed by atoms with Crippen molar-refractivity contribution in [1.29, 1.82) is 0 Å². The fourth-order valence-corrected chi connectivity index (χ4v) is 3.68. The first-order valence-corrected chi connectivity index (χ1v) is 7.68. The first-order valence-electron chi connectivity index (χ1n) is 7.68. The summed E-state index contributed by atoms with van der Waals surface area (Å²) >= 11 is 0. The van der Waals surface area contributed by atoms with Crippen LogP contribution in [0, 0.1) is 11.8 Å². The first-order chi connectivity index (χ1) is 9.04.